The SMILES string of the molecule is CCc1ccc(NS(=O)(=O)c2[nH]ncc2CNC)cc1. The third-order valence-corrected chi connectivity index (χ3v) is 4.32. The number of rotatable bonds is 6. The van der Waals surface area contributed by atoms with Crippen LogP contribution in [-0.4, -0.2) is 25.7 Å². The van der Waals surface area contributed by atoms with Gasteiger partial charge in [0.05, 0.1) is 6.20 Å². The first-order chi connectivity index (χ1) is 9.56. The molecule has 0 aliphatic rings. The van der Waals surface area contributed by atoms with Gasteiger partial charge in [0.2, 0.25) is 0 Å². The zero-order chi connectivity index (χ0) is 14.6. The second-order valence-corrected chi connectivity index (χ2v) is 6.03. The summed E-state index contributed by atoms with van der Waals surface area (Å²) < 4.78 is 27.1. The number of nitrogens with one attached hydrogen (secondary N) is 3. The molecule has 1 aromatic carbocycles. The van der Waals surface area contributed by atoms with Gasteiger partial charge in [-0.1, -0.05) is 19.1 Å². The second kappa shape index (κ2) is 6.06. The number of hydrogen-bond donors (Lipinski definition) is 3. The summed E-state index contributed by atoms with van der Waals surface area (Å²) in [5, 5.41) is 9.32. The van der Waals surface area contributed by atoms with Gasteiger partial charge in [0.1, 0.15) is 0 Å². The van der Waals surface area contributed by atoms with Crippen molar-refractivity contribution < 1.29 is 8.42 Å². The molecule has 0 bridgehead atoms. The van der Waals surface area contributed by atoms with E-state index in [1.807, 2.05) is 19.1 Å². The van der Waals surface area contributed by atoms with Crippen LogP contribution in [0, 0.1) is 0 Å². The van der Waals surface area contributed by atoms with E-state index in [4.69, 9.17) is 0 Å². The molecule has 0 atom stereocenters. The van der Waals surface area contributed by atoms with E-state index in [9.17, 15) is 8.42 Å². The first kappa shape index (κ1) is 14.5. The zero-order valence-electron chi connectivity index (χ0n) is 11.5. The Labute approximate surface area is 118 Å². The van der Waals surface area contributed by atoms with Crippen molar-refractivity contribution in [1.82, 2.24) is 15.5 Å². The Morgan fingerprint density at radius 3 is 2.55 bits per heavy atom. The summed E-state index contributed by atoms with van der Waals surface area (Å²) in [6.45, 7) is 2.48. The summed E-state index contributed by atoms with van der Waals surface area (Å²) in [6.07, 6.45) is 2.42. The molecule has 0 fully saturated rings. The summed E-state index contributed by atoms with van der Waals surface area (Å²) in [7, 11) is -1.90. The number of aromatic nitrogens is 2. The van der Waals surface area contributed by atoms with Crippen LogP contribution in [0.4, 0.5) is 5.69 Å². The molecule has 20 heavy (non-hydrogen) atoms. The average Bonchev–Trinajstić information content (AvgIpc) is 2.89. The Hall–Kier alpha value is -1.86. The lowest BCUT2D eigenvalue weighted by atomic mass is 10.2. The molecule has 1 aromatic heterocycles. The number of benzene rings is 1. The quantitative estimate of drug-likeness (QED) is 0.753. The summed E-state index contributed by atoms with van der Waals surface area (Å²) in [5.41, 5.74) is 2.29. The number of nitrogens with zero attached hydrogens (tertiary/aromatic N) is 1. The van der Waals surface area contributed by atoms with E-state index >= 15 is 0 Å². The molecule has 3 N–H and O–H groups in total. The molecule has 6 nitrogen and oxygen atoms in total. The number of aromatic amines is 1. The smallest absolute Gasteiger partial charge is 0.279 e. The molecule has 2 rings (SSSR count). The number of aryl methyl sites for hydroxylation is 1. The Balaban J connectivity index is 2.23. The van der Waals surface area contributed by atoms with Gasteiger partial charge in [-0.3, -0.25) is 9.82 Å². The predicted molar refractivity (Wildman–Crippen MR) is 78.0 cm³/mol. The van der Waals surface area contributed by atoms with E-state index < -0.39 is 10.0 Å². The van der Waals surface area contributed by atoms with Gasteiger partial charge in [-0.25, -0.2) is 0 Å². The molecule has 0 aliphatic carbocycles. The molecule has 7 heteroatoms. The molecule has 0 unspecified atom stereocenters. The highest BCUT2D eigenvalue weighted by molar-refractivity contribution is 7.92. The number of hydrogen-bond acceptors (Lipinski definition) is 4. The summed E-state index contributed by atoms with van der Waals surface area (Å²) >= 11 is 0. The van der Waals surface area contributed by atoms with Crippen LogP contribution in [0.25, 0.3) is 0 Å². The highest BCUT2D eigenvalue weighted by Crippen LogP contribution is 2.18. The van der Waals surface area contributed by atoms with Crippen LogP contribution < -0.4 is 10.0 Å². The second-order valence-electron chi connectivity index (χ2n) is 4.41. The predicted octanol–water partition coefficient (Wildman–Crippen LogP) is 1.49. The lowest BCUT2D eigenvalue weighted by Gasteiger charge is -2.08. The van der Waals surface area contributed by atoms with Crippen molar-refractivity contribution in [1.29, 1.82) is 0 Å². The Morgan fingerprint density at radius 2 is 1.95 bits per heavy atom. The minimum Gasteiger partial charge on any atom is -0.316 e. The summed E-state index contributed by atoms with van der Waals surface area (Å²) in [4.78, 5) is 0. The van der Waals surface area contributed by atoms with Gasteiger partial charge in [0, 0.05) is 17.8 Å². The highest BCUT2D eigenvalue weighted by Gasteiger charge is 2.20. The molecular weight excluding hydrogens is 276 g/mol. The molecular formula is C13H18N4O2S. The minimum absolute atomic E-state index is 0.0893. The maximum Gasteiger partial charge on any atom is 0.279 e. The molecule has 1 heterocycles. The van der Waals surface area contributed by atoms with Crippen LogP contribution in [0.5, 0.6) is 0 Å². The van der Waals surface area contributed by atoms with Gasteiger partial charge in [-0.05, 0) is 31.2 Å². The van der Waals surface area contributed by atoms with Crippen LogP contribution in [0.1, 0.15) is 18.1 Å². The van der Waals surface area contributed by atoms with Gasteiger partial charge < -0.3 is 5.32 Å². The van der Waals surface area contributed by atoms with Crippen molar-refractivity contribution in [2.24, 2.45) is 0 Å². The maximum absolute atomic E-state index is 12.3. The molecule has 0 saturated heterocycles. The molecule has 0 radical (unpaired) electrons. The van der Waals surface area contributed by atoms with Gasteiger partial charge in [0.15, 0.2) is 5.03 Å². The highest BCUT2D eigenvalue weighted by atomic mass is 32.2. The largest absolute Gasteiger partial charge is 0.316 e. The Kier molecular flexibility index (Phi) is 4.41. The standard InChI is InChI=1S/C13H18N4O2S/c1-3-10-4-6-12(7-5-10)17-20(18,19)13-11(8-14-2)9-15-16-13/h4-7,9,14,17H,3,8H2,1-2H3,(H,15,16). The molecule has 2 aromatic rings. The van der Waals surface area contributed by atoms with Crippen molar-refractivity contribution in [2.75, 3.05) is 11.8 Å². The van der Waals surface area contributed by atoms with Gasteiger partial charge in [-0.15, -0.1) is 0 Å². The van der Waals surface area contributed by atoms with E-state index in [-0.39, 0.29) is 5.03 Å². The lowest BCUT2D eigenvalue weighted by Crippen LogP contribution is -2.17. The van der Waals surface area contributed by atoms with Crippen molar-refractivity contribution in [2.45, 2.75) is 24.9 Å². The van der Waals surface area contributed by atoms with Crippen molar-refractivity contribution in [3.63, 3.8) is 0 Å². The van der Waals surface area contributed by atoms with Gasteiger partial charge >= 0.3 is 0 Å². The molecule has 0 amide bonds. The van der Waals surface area contributed by atoms with Crippen LogP contribution in [0.15, 0.2) is 35.5 Å². The average molecular weight is 294 g/mol. The van der Waals surface area contributed by atoms with Gasteiger partial charge in [0.25, 0.3) is 10.0 Å². The summed E-state index contributed by atoms with van der Waals surface area (Å²) in [5.74, 6) is 0. The van der Waals surface area contributed by atoms with Crippen molar-refractivity contribution >= 4 is 15.7 Å². The molecule has 0 aliphatic heterocycles. The van der Waals surface area contributed by atoms with E-state index in [1.165, 1.54) is 6.20 Å². The van der Waals surface area contributed by atoms with Crippen LogP contribution in [-0.2, 0) is 23.0 Å². The first-order valence-electron chi connectivity index (χ1n) is 6.35. The molecule has 108 valence electrons. The Morgan fingerprint density at radius 1 is 1.25 bits per heavy atom. The first-order valence-corrected chi connectivity index (χ1v) is 7.83. The monoisotopic (exact) mass is 294 g/mol. The van der Waals surface area contributed by atoms with E-state index in [2.05, 4.69) is 20.2 Å². The molecule has 0 spiro atoms. The molecule has 0 saturated carbocycles. The van der Waals surface area contributed by atoms with E-state index in [0.29, 0.717) is 17.8 Å². The van der Waals surface area contributed by atoms with Crippen molar-refractivity contribution in [3.05, 3.63) is 41.6 Å². The normalized spacial score (nSPS) is 11.5. The van der Waals surface area contributed by atoms with E-state index in [0.717, 1.165) is 12.0 Å². The van der Waals surface area contributed by atoms with Crippen LogP contribution in [0.3, 0.4) is 0 Å². The Bertz CT molecular complexity index is 662. The third kappa shape index (κ3) is 3.17. The number of sulfonamides is 1. The number of anilines is 1. The van der Waals surface area contributed by atoms with Crippen LogP contribution in [0.2, 0.25) is 0 Å². The van der Waals surface area contributed by atoms with Gasteiger partial charge in [-0.2, -0.15) is 13.5 Å². The number of H-pyrrole nitrogens is 1. The maximum atomic E-state index is 12.3. The van der Waals surface area contributed by atoms with Crippen LogP contribution >= 0.6 is 0 Å². The fourth-order valence-electron chi connectivity index (χ4n) is 1.86. The third-order valence-electron chi connectivity index (χ3n) is 2.93. The fraction of sp³-hybridized carbons (Fsp3) is 0.308. The lowest BCUT2D eigenvalue weighted by molar-refractivity contribution is 0.595. The fourth-order valence-corrected chi connectivity index (χ4v) is 3.05. The zero-order valence-corrected chi connectivity index (χ0v) is 12.3. The van der Waals surface area contributed by atoms with Crippen molar-refractivity contribution in [3.8, 4) is 0 Å². The minimum atomic E-state index is -3.65. The summed E-state index contributed by atoms with van der Waals surface area (Å²) in [6, 6.07) is 7.31. The van der Waals surface area contributed by atoms with E-state index in [1.54, 1.807) is 19.2 Å². The topological polar surface area (TPSA) is 86.9 Å².